The lowest BCUT2D eigenvalue weighted by Gasteiger charge is -2.08. The van der Waals surface area contributed by atoms with Crippen molar-refractivity contribution in [1.82, 2.24) is 4.98 Å². The summed E-state index contributed by atoms with van der Waals surface area (Å²) < 4.78 is 31.6. The third-order valence-electron chi connectivity index (χ3n) is 2.40. The lowest BCUT2D eigenvalue weighted by atomic mass is 10.4. The lowest BCUT2D eigenvalue weighted by molar-refractivity contribution is 0.211. The lowest BCUT2D eigenvalue weighted by Crippen LogP contribution is -2.13. The van der Waals surface area contributed by atoms with Crippen molar-refractivity contribution in [3.63, 3.8) is 0 Å². The van der Waals surface area contributed by atoms with Gasteiger partial charge in [0.2, 0.25) is 0 Å². The smallest absolute Gasteiger partial charge is 0.272 e. The molecule has 108 valence electrons. The summed E-state index contributed by atoms with van der Waals surface area (Å²) in [5.74, 6) is 0.288. The first-order chi connectivity index (χ1) is 9.62. The quantitative estimate of drug-likeness (QED) is 0.764. The zero-order chi connectivity index (χ0) is 14.4. The highest BCUT2D eigenvalue weighted by Gasteiger charge is 2.15. The van der Waals surface area contributed by atoms with E-state index in [2.05, 4.69) is 15.0 Å². The van der Waals surface area contributed by atoms with E-state index in [1.807, 2.05) is 0 Å². The van der Waals surface area contributed by atoms with Crippen LogP contribution in [0.15, 0.2) is 40.1 Å². The number of sulfonamides is 1. The van der Waals surface area contributed by atoms with E-state index in [9.17, 15) is 8.42 Å². The maximum absolute atomic E-state index is 12.0. The fourth-order valence-electron chi connectivity index (χ4n) is 1.46. The van der Waals surface area contributed by atoms with Crippen molar-refractivity contribution in [2.24, 2.45) is 0 Å². The Labute approximate surface area is 121 Å². The summed E-state index contributed by atoms with van der Waals surface area (Å²) in [6, 6.07) is 6.61. The van der Waals surface area contributed by atoms with Crippen LogP contribution in [0.25, 0.3) is 0 Å². The van der Waals surface area contributed by atoms with Crippen LogP contribution in [0.1, 0.15) is 0 Å². The summed E-state index contributed by atoms with van der Waals surface area (Å²) in [4.78, 5) is 4.06. The Morgan fingerprint density at radius 2 is 2.20 bits per heavy atom. The van der Waals surface area contributed by atoms with Crippen molar-refractivity contribution in [2.45, 2.75) is 4.21 Å². The van der Waals surface area contributed by atoms with Gasteiger partial charge in [0.1, 0.15) is 10.0 Å². The number of ether oxygens (including phenoxy) is 1. The molecule has 2 heterocycles. The Bertz CT molecular complexity index is 624. The Balaban J connectivity index is 2.00. The van der Waals surface area contributed by atoms with Gasteiger partial charge in [0.25, 0.3) is 10.0 Å². The van der Waals surface area contributed by atoms with Gasteiger partial charge in [0.15, 0.2) is 0 Å². The fraction of sp³-hybridized carbons (Fsp3) is 0.250. The minimum absolute atomic E-state index is 0.265. The second kappa shape index (κ2) is 6.69. The molecule has 6 nitrogen and oxygen atoms in total. The monoisotopic (exact) mass is 313 g/mol. The summed E-state index contributed by atoms with van der Waals surface area (Å²) >= 11 is 1.16. The first-order valence-electron chi connectivity index (χ1n) is 5.87. The molecule has 2 aromatic heterocycles. The van der Waals surface area contributed by atoms with Crippen LogP contribution >= 0.6 is 11.3 Å². The molecule has 0 unspecified atom stereocenters. The molecule has 0 saturated heterocycles. The van der Waals surface area contributed by atoms with Crippen LogP contribution in [-0.4, -0.2) is 33.7 Å². The van der Waals surface area contributed by atoms with E-state index in [4.69, 9.17) is 4.74 Å². The van der Waals surface area contributed by atoms with Gasteiger partial charge in [-0.3, -0.25) is 4.72 Å². The molecule has 0 atom stereocenters. The van der Waals surface area contributed by atoms with E-state index in [0.29, 0.717) is 13.2 Å². The minimum Gasteiger partial charge on any atom is -0.383 e. The predicted octanol–water partition coefficient (Wildman–Crippen LogP) is 2.00. The second-order valence-corrected chi connectivity index (χ2v) is 6.75. The molecule has 0 radical (unpaired) electrons. The van der Waals surface area contributed by atoms with Gasteiger partial charge in [-0.1, -0.05) is 6.07 Å². The van der Waals surface area contributed by atoms with Gasteiger partial charge in [-0.15, -0.1) is 11.3 Å². The van der Waals surface area contributed by atoms with Crippen molar-refractivity contribution in [3.05, 3.63) is 35.8 Å². The predicted molar refractivity (Wildman–Crippen MR) is 79.7 cm³/mol. The van der Waals surface area contributed by atoms with Gasteiger partial charge in [-0.2, -0.15) is 0 Å². The van der Waals surface area contributed by atoms with Crippen LogP contribution < -0.4 is 10.0 Å². The molecule has 0 aliphatic heterocycles. The van der Waals surface area contributed by atoms with Crippen LogP contribution in [0.2, 0.25) is 0 Å². The Morgan fingerprint density at radius 3 is 2.80 bits per heavy atom. The van der Waals surface area contributed by atoms with E-state index >= 15 is 0 Å². The highest BCUT2D eigenvalue weighted by atomic mass is 32.2. The first kappa shape index (κ1) is 14.8. The number of nitrogens with one attached hydrogen (secondary N) is 2. The number of hydrogen-bond acceptors (Lipinski definition) is 6. The van der Waals surface area contributed by atoms with E-state index < -0.39 is 10.0 Å². The molecular weight excluding hydrogens is 298 g/mol. The Morgan fingerprint density at radius 1 is 1.35 bits per heavy atom. The highest BCUT2D eigenvalue weighted by molar-refractivity contribution is 7.94. The van der Waals surface area contributed by atoms with Crippen LogP contribution in [0.3, 0.4) is 0 Å². The van der Waals surface area contributed by atoms with Crippen molar-refractivity contribution in [1.29, 1.82) is 0 Å². The zero-order valence-electron chi connectivity index (χ0n) is 10.9. The summed E-state index contributed by atoms with van der Waals surface area (Å²) in [5, 5.41) is 4.81. The average molecular weight is 313 g/mol. The molecular formula is C12H15N3O3S2. The number of rotatable bonds is 7. The van der Waals surface area contributed by atoms with Crippen LogP contribution in [0, 0.1) is 0 Å². The number of nitrogens with zero attached hydrogens (tertiary/aromatic N) is 1. The molecule has 0 saturated carbocycles. The van der Waals surface area contributed by atoms with Gasteiger partial charge in [0.05, 0.1) is 18.5 Å². The van der Waals surface area contributed by atoms with Gasteiger partial charge < -0.3 is 10.1 Å². The average Bonchev–Trinajstić information content (AvgIpc) is 2.95. The molecule has 0 aliphatic carbocycles. The molecule has 0 amide bonds. The summed E-state index contributed by atoms with van der Waals surface area (Å²) in [5.41, 5.74) is 0.807. The van der Waals surface area contributed by atoms with Crippen molar-refractivity contribution < 1.29 is 13.2 Å². The molecule has 0 bridgehead atoms. The van der Waals surface area contributed by atoms with Crippen LogP contribution in [0.5, 0.6) is 0 Å². The largest absolute Gasteiger partial charge is 0.383 e. The molecule has 0 aromatic carbocycles. The number of pyridine rings is 1. The summed E-state index contributed by atoms with van der Waals surface area (Å²) in [6.07, 6.45) is 1.57. The van der Waals surface area contributed by atoms with Gasteiger partial charge >= 0.3 is 0 Å². The maximum Gasteiger partial charge on any atom is 0.272 e. The zero-order valence-corrected chi connectivity index (χ0v) is 12.5. The molecule has 2 aromatic rings. The molecule has 0 fully saturated rings. The molecule has 2 rings (SSSR count). The Kier molecular flexibility index (Phi) is 4.94. The molecule has 2 N–H and O–H groups in total. The van der Waals surface area contributed by atoms with E-state index in [1.54, 1.807) is 43.0 Å². The highest BCUT2D eigenvalue weighted by Crippen LogP contribution is 2.19. The van der Waals surface area contributed by atoms with E-state index in [1.165, 1.54) is 0 Å². The number of aromatic nitrogens is 1. The number of anilines is 2. The third kappa shape index (κ3) is 3.92. The fourth-order valence-corrected chi connectivity index (χ4v) is 3.46. The SMILES string of the molecule is COCCNc1ccc(NS(=O)(=O)c2cccs2)nc1. The molecule has 0 spiro atoms. The number of methoxy groups -OCH3 is 1. The van der Waals surface area contributed by atoms with Gasteiger partial charge in [0, 0.05) is 13.7 Å². The minimum atomic E-state index is -3.54. The first-order valence-corrected chi connectivity index (χ1v) is 8.23. The summed E-state index contributed by atoms with van der Waals surface area (Å²) in [6.45, 7) is 1.26. The van der Waals surface area contributed by atoms with Gasteiger partial charge in [-0.05, 0) is 23.6 Å². The van der Waals surface area contributed by atoms with Crippen molar-refractivity contribution >= 4 is 32.9 Å². The van der Waals surface area contributed by atoms with E-state index in [0.717, 1.165) is 17.0 Å². The molecule has 0 aliphatic rings. The van der Waals surface area contributed by atoms with E-state index in [-0.39, 0.29) is 10.0 Å². The van der Waals surface area contributed by atoms with Crippen LogP contribution in [0.4, 0.5) is 11.5 Å². The third-order valence-corrected chi connectivity index (χ3v) is 5.15. The standard InChI is InChI=1S/C12H15N3O3S2/c1-18-7-6-13-10-4-5-11(14-9-10)15-20(16,17)12-3-2-8-19-12/h2-5,8-9,13H,6-7H2,1H3,(H,14,15). The Hall–Kier alpha value is -1.64. The number of hydrogen-bond donors (Lipinski definition) is 2. The van der Waals surface area contributed by atoms with Gasteiger partial charge in [-0.25, -0.2) is 13.4 Å². The van der Waals surface area contributed by atoms with Crippen LogP contribution in [-0.2, 0) is 14.8 Å². The van der Waals surface area contributed by atoms with Crippen molar-refractivity contribution in [2.75, 3.05) is 30.3 Å². The summed E-state index contributed by atoms with van der Waals surface area (Å²) in [7, 11) is -1.91. The molecule has 8 heteroatoms. The normalized spacial score (nSPS) is 11.2. The molecule has 20 heavy (non-hydrogen) atoms. The van der Waals surface area contributed by atoms with Crippen molar-refractivity contribution in [3.8, 4) is 0 Å². The second-order valence-electron chi connectivity index (χ2n) is 3.89. The number of thiophene rings is 1. The topological polar surface area (TPSA) is 80.3 Å². The maximum atomic E-state index is 12.0.